The molecule has 1 aliphatic carbocycles. The van der Waals surface area contributed by atoms with Crippen LogP contribution in [0.25, 0.3) is 0 Å². The zero-order chi connectivity index (χ0) is 6.91. The van der Waals surface area contributed by atoms with E-state index >= 15 is 0 Å². The van der Waals surface area contributed by atoms with Crippen LogP contribution in [0.15, 0.2) is 11.5 Å². The Morgan fingerprint density at radius 1 is 1.30 bits per heavy atom. The minimum atomic E-state index is -4.65. The van der Waals surface area contributed by atoms with Crippen molar-refractivity contribution in [2.24, 2.45) is 0 Å². The summed E-state index contributed by atoms with van der Waals surface area (Å²) in [6, 6.07) is 0. The molecule has 5 heteroatoms. The molecule has 0 unspecified atom stereocenters. The summed E-state index contributed by atoms with van der Waals surface area (Å²) < 4.78 is 35.3. The summed E-state index contributed by atoms with van der Waals surface area (Å²) in [5.41, 5.74) is -0.282. The fourth-order valence-corrected chi connectivity index (χ4v) is 0.993. The van der Waals surface area contributed by atoms with Crippen molar-refractivity contribution in [3.8, 4) is 0 Å². The summed E-state index contributed by atoms with van der Waals surface area (Å²) in [6.45, 7) is -4.65. The van der Waals surface area contributed by atoms with Crippen molar-refractivity contribution in [3.05, 3.63) is 11.5 Å². The van der Waals surface area contributed by atoms with E-state index in [1.807, 2.05) is 0 Å². The molecule has 0 heterocycles. The van der Waals surface area contributed by atoms with E-state index in [1.165, 1.54) is 6.08 Å². The van der Waals surface area contributed by atoms with Gasteiger partial charge in [-0.15, -0.1) is 11.5 Å². The van der Waals surface area contributed by atoms with Crippen LogP contribution in [0, 0.1) is 0 Å². The van der Waals surface area contributed by atoms with Gasteiger partial charge in [0.15, 0.2) is 0 Å². The van der Waals surface area contributed by atoms with Crippen LogP contribution in [0.2, 0.25) is 0 Å². The van der Waals surface area contributed by atoms with E-state index in [0.717, 1.165) is 0 Å². The van der Waals surface area contributed by atoms with Gasteiger partial charge in [-0.3, -0.25) is 0 Å². The smallest absolute Gasteiger partial charge is 0.445 e. The van der Waals surface area contributed by atoms with Gasteiger partial charge in [0.05, 0.1) is 0 Å². The van der Waals surface area contributed by atoms with Crippen molar-refractivity contribution in [2.75, 3.05) is 0 Å². The predicted molar refractivity (Wildman–Crippen MR) is 31.0 cm³/mol. The Bertz CT molecular complexity index is 140. The number of halogens is 3. The Balaban J connectivity index is 0.000000810. The van der Waals surface area contributed by atoms with Gasteiger partial charge in [0, 0.05) is 0 Å². The van der Waals surface area contributed by atoms with E-state index in [4.69, 9.17) is 0 Å². The van der Waals surface area contributed by atoms with Gasteiger partial charge in [-0.2, -0.15) is 0 Å². The van der Waals surface area contributed by atoms with Gasteiger partial charge in [-0.1, -0.05) is 6.42 Å². The third kappa shape index (κ3) is 3.09. The van der Waals surface area contributed by atoms with Crippen LogP contribution < -0.4 is 51.4 Å². The van der Waals surface area contributed by atoms with Gasteiger partial charge < -0.3 is 12.9 Å². The Morgan fingerprint density at radius 2 is 1.90 bits per heavy atom. The Morgan fingerprint density at radius 3 is 2.10 bits per heavy atom. The molecule has 0 N–H and O–H groups in total. The second-order valence-corrected chi connectivity index (χ2v) is 2.25. The molecule has 1 aliphatic rings. The average Bonchev–Trinajstić information content (AvgIpc) is 2.08. The molecule has 0 radical (unpaired) electrons. The summed E-state index contributed by atoms with van der Waals surface area (Å²) in [7, 11) is 0. The third-order valence-electron chi connectivity index (χ3n) is 1.50. The number of rotatable bonds is 1. The molecule has 0 saturated carbocycles. The fourth-order valence-electron chi connectivity index (χ4n) is 0.993. The van der Waals surface area contributed by atoms with Crippen molar-refractivity contribution < 1.29 is 64.3 Å². The molecular formula is C5H7BF3K. The molecule has 0 saturated heterocycles. The van der Waals surface area contributed by atoms with Gasteiger partial charge in [-0.25, -0.2) is 0 Å². The SMILES string of the molecule is F[B-](F)(F)C1=CCCC1.[K+]. The maximum atomic E-state index is 11.8. The zero-order valence-corrected chi connectivity index (χ0v) is 9.03. The molecule has 0 fully saturated rings. The third-order valence-corrected chi connectivity index (χ3v) is 1.50. The van der Waals surface area contributed by atoms with E-state index in [-0.39, 0.29) is 63.3 Å². The van der Waals surface area contributed by atoms with Crippen LogP contribution in [0.4, 0.5) is 12.9 Å². The predicted octanol–water partition coefficient (Wildman–Crippen LogP) is -0.513. The Kier molecular flexibility index (Phi) is 4.84. The molecule has 0 atom stereocenters. The van der Waals surface area contributed by atoms with E-state index in [1.54, 1.807) is 0 Å². The minimum Gasteiger partial charge on any atom is -0.445 e. The average molecular weight is 174 g/mol. The van der Waals surface area contributed by atoms with Gasteiger partial charge >= 0.3 is 58.4 Å². The van der Waals surface area contributed by atoms with Crippen LogP contribution >= 0.6 is 0 Å². The van der Waals surface area contributed by atoms with Crippen molar-refractivity contribution in [3.63, 3.8) is 0 Å². The molecular weight excluding hydrogens is 167 g/mol. The Hall–Kier alpha value is 1.23. The molecule has 0 aromatic rings. The van der Waals surface area contributed by atoms with Crippen molar-refractivity contribution in [1.82, 2.24) is 0 Å². The topological polar surface area (TPSA) is 0 Å². The summed E-state index contributed by atoms with van der Waals surface area (Å²) in [5, 5.41) is 0. The molecule has 0 nitrogen and oxygen atoms in total. The molecule has 52 valence electrons. The van der Waals surface area contributed by atoms with E-state index < -0.39 is 6.98 Å². The molecule has 0 amide bonds. The molecule has 0 aromatic carbocycles. The number of hydrogen-bond donors (Lipinski definition) is 0. The summed E-state index contributed by atoms with van der Waals surface area (Å²) in [6.07, 6.45) is 2.83. The van der Waals surface area contributed by atoms with Crippen molar-refractivity contribution >= 4 is 6.98 Å². The largest absolute Gasteiger partial charge is 1.00 e. The van der Waals surface area contributed by atoms with E-state index in [9.17, 15) is 12.9 Å². The summed E-state index contributed by atoms with van der Waals surface area (Å²) in [5.74, 6) is 0. The number of allylic oxidation sites excluding steroid dienone is 2. The first-order valence-corrected chi connectivity index (χ1v) is 2.99. The first kappa shape index (κ1) is 11.2. The Labute approximate surface area is 101 Å². The standard InChI is InChI=1S/C5H7BF3.K/c7-6(8,9)5-3-1-2-4-5;/h3H,1-2,4H2;/q-1;+1. The summed E-state index contributed by atoms with van der Waals surface area (Å²) in [4.78, 5) is 0. The van der Waals surface area contributed by atoms with Crippen LogP contribution in [0.5, 0.6) is 0 Å². The first-order chi connectivity index (χ1) is 4.11. The van der Waals surface area contributed by atoms with Crippen molar-refractivity contribution in [1.29, 1.82) is 0 Å². The van der Waals surface area contributed by atoms with Gasteiger partial charge in [-0.05, 0) is 12.8 Å². The first-order valence-electron chi connectivity index (χ1n) is 2.99. The van der Waals surface area contributed by atoms with Crippen LogP contribution in [-0.2, 0) is 0 Å². The molecule has 0 spiro atoms. The zero-order valence-electron chi connectivity index (χ0n) is 5.91. The van der Waals surface area contributed by atoms with Crippen LogP contribution in [-0.4, -0.2) is 6.98 Å². The van der Waals surface area contributed by atoms with Gasteiger partial charge in [0.25, 0.3) is 0 Å². The van der Waals surface area contributed by atoms with Crippen molar-refractivity contribution in [2.45, 2.75) is 19.3 Å². The fraction of sp³-hybridized carbons (Fsp3) is 0.600. The van der Waals surface area contributed by atoms with E-state index in [2.05, 4.69) is 0 Å². The number of hydrogen-bond acceptors (Lipinski definition) is 0. The molecule has 0 bridgehead atoms. The monoisotopic (exact) mass is 174 g/mol. The maximum absolute atomic E-state index is 11.8. The molecule has 1 rings (SSSR count). The van der Waals surface area contributed by atoms with Crippen LogP contribution in [0.1, 0.15) is 19.3 Å². The normalized spacial score (nSPS) is 18.1. The van der Waals surface area contributed by atoms with Gasteiger partial charge in [0.2, 0.25) is 0 Å². The van der Waals surface area contributed by atoms with Crippen LogP contribution in [0.3, 0.4) is 0 Å². The molecule has 10 heavy (non-hydrogen) atoms. The second-order valence-electron chi connectivity index (χ2n) is 2.25. The quantitative estimate of drug-likeness (QED) is 0.469. The molecule has 0 aromatic heterocycles. The van der Waals surface area contributed by atoms with E-state index in [0.29, 0.717) is 12.8 Å². The summed E-state index contributed by atoms with van der Waals surface area (Å²) >= 11 is 0. The minimum absolute atomic E-state index is 0. The maximum Gasteiger partial charge on any atom is 1.00 e. The second kappa shape index (κ2) is 4.30. The molecule has 0 aliphatic heterocycles. The van der Waals surface area contributed by atoms with Gasteiger partial charge in [0.1, 0.15) is 0 Å².